The van der Waals surface area contributed by atoms with Gasteiger partial charge in [-0.25, -0.2) is 9.97 Å². The highest BCUT2D eigenvalue weighted by molar-refractivity contribution is 5.42. The number of hydrogen-bond acceptors (Lipinski definition) is 6. The molecule has 2 aliphatic heterocycles. The van der Waals surface area contributed by atoms with E-state index < -0.39 is 0 Å². The Hall–Kier alpha value is -2.02. The molecule has 3 aliphatic rings. The van der Waals surface area contributed by atoms with Crippen LogP contribution in [0.15, 0.2) is 12.3 Å². The standard InChI is InChI=1S/C16H21N7/c1-11-19-20-15-10-21(6-7-23(11)15)13-8-22(9-13)14-4-5-17-16(18-14)12-2-3-12/h4-5,12-13H,2-3,6-10H2,1H3. The number of anilines is 1. The molecule has 0 radical (unpaired) electrons. The monoisotopic (exact) mass is 311 g/mol. The number of nitrogens with zero attached hydrogens (tertiary/aromatic N) is 7. The molecule has 0 N–H and O–H groups in total. The van der Waals surface area contributed by atoms with Gasteiger partial charge in [0.2, 0.25) is 0 Å². The van der Waals surface area contributed by atoms with Crippen LogP contribution < -0.4 is 4.90 Å². The van der Waals surface area contributed by atoms with E-state index in [1.807, 2.05) is 19.2 Å². The molecule has 0 aromatic carbocycles. The Bertz CT molecular complexity index is 730. The Labute approximate surface area is 135 Å². The molecule has 23 heavy (non-hydrogen) atoms. The van der Waals surface area contributed by atoms with E-state index >= 15 is 0 Å². The number of rotatable bonds is 3. The molecule has 0 amide bonds. The molecule has 120 valence electrons. The zero-order valence-electron chi connectivity index (χ0n) is 13.4. The first-order chi connectivity index (χ1) is 11.3. The predicted molar refractivity (Wildman–Crippen MR) is 85.2 cm³/mol. The summed E-state index contributed by atoms with van der Waals surface area (Å²) in [7, 11) is 0. The summed E-state index contributed by atoms with van der Waals surface area (Å²) in [5.74, 6) is 4.87. The number of fused-ring (bicyclic) bond motifs is 1. The summed E-state index contributed by atoms with van der Waals surface area (Å²) >= 11 is 0. The molecule has 5 rings (SSSR count). The van der Waals surface area contributed by atoms with Crippen molar-refractivity contribution in [2.45, 2.75) is 44.8 Å². The first kappa shape index (κ1) is 13.4. The van der Waals surface area contributed by atoms with Gasteiger partial charge in [0, 0.05) is 44.3 Å². The summed E-state index contributed by atoms with van der Waals surface area (Å²) in [6, 6.07) is 2.64. The minimum atomic E-state index is 0.597. The molecule has 1 aliphatic carbocycles. The summed E-state index contributed by atoms with van der Waals surface area (Å²) in [6.07, 6.45) is 4.41. The zero-order valence-corrected chi connectivity index (χ0v) is 13.4. The van der Waals surface area contributed by atoms with Crippen molar-refractivity contribution in [1.29, 1.82) is 0 Å². The van der Waals surface area contributed by atoms with E-state index in [0.29, 0.717) is 12.0 Å². The van der Waals surface area contributed by atoms with Gasteiger partial charge in [-0.05, 0) is 25.8 Å². The fourth-order valence-corrected chi connectivity index (χ4v) is 3.58. The van der Waals surface area contributed by atoms with Gasteiger partial charge in [-0.2, -0.15) is 0 Å². The van der Waals surface area contributed by atoms with Gasteiger partial charge in [0.05, 0.1) is 6.54 Å². The van der Waals surface area contributed by atoms with Crippen LogP contribution in [0.25, 0.3) is 0 Å². The molecule has 7 nitrogen and oxygen atoms in total. The van der Waals surface area contributed by atoms with Crippen LogP contribution in [0.4, 0.5) is 5.82 Å². The zero-order chi connectivity index (χ0) is 15.4. The van der Waals surface area contributed by atoms with E-state index in [0.717, 1.165) is 56.0 Å². The van der Waals surface area contributed by atoms with Crippen molar-refractivity contribution in [1.82, 2.24) is 29.6 Å². The van der Waals surface area contributed by atoms with Crippen LogP contribution >= 0.6 is 0 Å². The van der Waals surface area contributed by atoms with E-state index in [4.69, 9.17) is 4.98 Å². The predicted octanol–water partition coefficient (Wildman–Crippen LogP) is 0.958. The molecule has 2 aromatic heterocycles. The van der Waals surface area contributed by atoms with Crippen LogP contribution in [-0.4, -0.2) is 55.3 Å². The Morgan fingerprint density at radius 2 is 2.00 bits per heavy atom. The number of aromatic nitrogens is 5. The summed E-state index contributed by atoms with van der Waals surface area (Å²) in [5, 5.41) is 8.49. The van der Waals surface area contributed by atoms with E-state index in [1.54, 1.807) is 0 Å². The summed E-state index contributed by atoms with van der Waals surface area (Å²) in [4.78, 5) is 14.1. The van der Waals surface area contributed by atoms with Gasteiger partial charge >= 0.3 is 0 Å². The molecule has 0 unspecified atom stereocenters. The van der Waals surface area contributed by atoms with Crippen molar-refractivity contribution in [2.24, 2.45) is 0 Å². The van der Waals surface area contributed by atoms with Crippen LogP contribution in [0.2, 0.25) is 0 Å². The van der Waals surface area contributed by atoms with Crippen molar-refractivity contribution in [3.63, 3.8) is 0 Å². The van der Waals surface area contributed by atoms with Gasteiger partial charge in [-0.1, -0.05) is 0 Å². The maximum Gasteiger partial charge on any atom is 0.147 e. The normalized spacial score (nSPS) is 22.0. The van der Waals surface area contributed by atoms with Crippen LogP contribution in [-0.2, 0) is 13.1 Å². The molecule has 0 bridgehead atoms. The van der Waals surface area contributed by atoms with E-state index in [9.17, 15) is 0 Å². The Morgan fingerprint density at radius 1 is 1.13 bits per heavy atom. The van der Waals surface area contributed by atoms with Crippen LogP contribution in [0, 0.1) is 6.92 Å². The molecule has 4 heterocycles. The van der Waals surface area contributed by atoms with Crippen molar-refractivity contribution in [2.75, 3.05) is 24.5 Å². The smallest absolute Gasteiger partial charge is 0.147 e. The number of hydrogen-bond donors (Lipinski definition) is 0. The van der Waals surface area contributed by atoms with Crippen LogP contribution in [0.3, 0.4) is 0 Å². The highest BCUT2D eigenvalue weighted by Crippen LogP contribution is 2.38. The van der Waals surface area contributed by atoms with Gasteiger partial charge in [0.1, 0.15) is 23.3 Å². The maximum atomic E-state index is 4.75. The molecular weight excluding hydrogens is 290 g/mol. The molecule has 0 spiro atoms. The average molecular weight is 311 g/mol. The lowest BCUT2D eigenvalue weighted by atomic mass is 10.1. The third-order valence-electron chi connectivity index (χ3n) is 5.27. The minimum Gasteiger partial charge on any atom is -0.353 e. The molecule has 0 atom stereocenters. The lowest BCUT2D eigenvalue weighted by Crippen LogP contribution is -2.61. The average Bonchev–Trinajstić information content (AvgIpc) is 3.31. The quantitative estimate of drug-likeness (QED) is 0.841. The summed E-state index contributed by atoms with van der Waals surface area (Å²) < 4.78 is 2.24. The second kappa shape index (κ2) is 4.99. The molecule has 1 saturated heterocycles. The van der Waals surface area contributed by atoms with Crippen LogP contribution in [0.1, 0.15) is 36.2 Å². The van der Waals surface area contributed by atoms with Gasteiger partial charge < -0.3 is 9.47 Å². The minimum absolute atomic E-state index is 0.597. The molecule has 2 aromatic rings. The van der Waals surface area contributed by atoms with Crippen molar-refractivity contribution in [3.8, 4) is 0 Å². The molecule has 2 fully saturated rings. The van der Waals surface area contributed by atoms with Crippen molar-refractivity contribution in [3.05, 3.63) is 29.7 Å². The van der Waals surface area contributed by atoms with Gasteiger partial charge in [-0.15, -0.1) is 10.2 Å². The molecular formula is C16H21N7. The topological polar surface area (TPSA) is 63.0 Å². The largest absolute Gasteiger partial charge is 0.353 e. The van der Waals surface area contributed by atoms with Crippen molar-refractivity contribution >= 4 is 5.82 Å². The Balaban J connectivity index is 1.24. The summed E-state index contributed by atoms with van der Waals surface area (Å²) in [6.45, 7) is 7.13. The fraction of sp³-hybridized carbons (Fsp3) is 0.625. The first-order valence-electron chi connectivity index (χ1n) is 8.48. The molecule has 7 heteroatoms. The SMILES string of the molecule is Cc1nnc2n1CCN(C1CN(c3ccnc(C4CC4)n3)C1)C2. The summed E-state index contributed by atoms with van der Waals surface area (Å²) in [5.41, 5.74) is 0. The fourth-order valence-electron chi connectivity index (χ4n) is 3.58. The van der Waals surface area contributed by atoms with E-state index in [2.05, 4.69) is 29.5 Å². The lowest BCUT2D eigenvalue weighted by molar-refractivity contribution is 0.127. The Kier molecular flexibility index (Phi) is 2.91. The van der Waals surface area contributed by atoms with E-state index in [1.165, 1.54) is 12.8 Å². The third-order valence-corrected chi connectivity index (χ3v) is 5.27. The highest BCUT2D eigenvalue weighted by Gasteiger charge is 2.35. The Morgan fingerprint density at radius 3 is 2.83 bits per heavy atom. The van der Waals surface area contributed by atoms with Crippen molar-refractivity contribution < 1.29 is 0 Å². The van der Waals surface area contributed by atoms with Gasteiger partial charge in [0.15, 0.2) is 0 Å². The third kappa shape index (κ3) is 2.30. The molecule has 1 saturated carbocycles. The van der Waals surface area contributed by atoms with Gasteiger partial charge in [-0.3, -0.25) is 4.90 Å². The second-order valence-electron chi connectivity index (χ2n) is 6.89. The number of aryl methyl sites for hydroxylation is 1. The lowest BCUT2D eigenvalue weighted by Gasteiger charge is -2.47. The maximum absolute atomic E-state index is 4.75. The second-order valence-corrected chi connectivity index (χ2v) is 6.89. The van der Waals surface area contributed by atoms with Crippen LogP contribution in [0.5, 0.6) is 0 Å². The van der Waals surface area contributed by atoms with E-state index in [-0.39, 0.29) is 0 Å². The highest BCUT2D eigenvalue weighted by atomic mass is 15.4. The first-order valence-corrected chi connectivity index (χ1v) is 8.48. The van der Waals surface area contributed by atoms with Gasteiger partial charge in [0.25, 0.3) is 0 Å².